The molecule has 1 amide bonds. The number of carbonyl (C=O) groups is 1. The number of benzene rings is 2. The van der Waals surface area contributed by atoms with E-state index in [0.29, 0.717) is 25.1 Å². The van der Waals surface area contributed by atoms with Crippen LogP contribution >= 0.6 is 0 Å². The predicted molar refractivity (Wildman–Crippen MR) is 92.9 cm³/mol. The number of anilines is 1. The second-order valence-electron chi connectivity index (χ2n) is 6.15. The first-order chi connectivity index (χ1) is 12.4. The van der Waals surface area contributed by atoms with E-state index in [9.17, 15) is 22.0 Å². The molecule has 0 unspecified atom stereocenters. The highest BCUT2D eigenvalue weighted by molar-refractivity contribution is 7.89. The summed E-state index contributed by atoms with van der Waals surface area (Å²) in [5.41, 5.74) is 0.454. The number of hydrogen-bond donors (Lipinski definition) is 1. The van der Waals surface area contributed by atoms with Gasteiger partial charge >= 0.3 is 0 Å². The minimum atomic E-state index is -3.79. The van der Waals surface area contributed by atoms with Crippen molar-refractivity contribution in [2.24, 2.45) is 5.92 Å². The van der Waals surface area contributed by atoms with Crippen LogP contribution in [0.2, 0.25) is 0 Å². The van der Waals surface area contributed by atoms with Crippen molar-refractivity contribution in [3.63, 3.8) is 0 Å². The van der Waals surface area contributed by atoms with Crippen LogP contribution in [-0.2, 0) is 14.8 Å². The number of rotatable bonds is 4. The number of halogens is 2. The SMILES string of the molecule is O=C(Nc1ccc(F)cc1)[C@H]1CCCN(S(=O)(=O)c2ccc(F)cc2)C1. The van der Waals surface area contributed by atoms with Gasteiger partial charge in [-0.1, -0.05) is 0 Å². The van der Waals surface area contributed by atoms with E-state index in [2.05, 4.69) is 5.32 Å². The summed E-state index contributed by atoms with van der Waals surface area (Å²) in [4.78, 5) is 12.4. The van der Waals surface area contributed by atoms with Crippen molar-refractivity contribution in [3.05, 3.63) is 60.2 Å². The quantitative estimate of drug-likeness (QED) is 0.887. The Hall–Kier alpha value is -2.32. The zero-order valence-corrected chi connectivity index (χ0v) is 14.7. The lowest BCUT2D eigenvalue weighted by molar-refractivity contribution is -0.120. The Kier molecular flexibility index (Phi) is 5.33. The van der Waals surface area contributed by atoms with Gasteiger partial charge in [0.05, 0.1) is 10.8 Å². The van der Waals surface area contributed by atoms with Gasteiger partial charge in [0.2, 0.25) is 15.9 Å². The third-order valence-electron chi connectivity index (χ3n) is 4.32. The molecule has 3 rings (SSSR count). The van der Waals surface area contributed by atoms with Crippen LogP contribution in [0.3, 0.4) is 0 Å². The Labute approximate surface area is 150 Å². The molecule has 1 fully saturated rings. The molecule has 0 bridgehead atoms. The Morgan fingerprint density at radius 2 is 1.58 bits per heavy atom. The Bertz CT molecular complexity index is 884. The molecule has 0 spiro atoms. The van der Waals surface area contributed by atoms with Crippen molar-refractivity contribution in [1.82, 2.24) is 4.31 Å². The minimum Gasteiger partial charge on any atom is -0.326 e. The Morgan fingerprint density at radius 3 is 2.19 bits per heavy atom. The lowest BCUT2D eigenvalue weighted by Gasteiger charge is -2.31. The van der Waals surface area contributed by atoms with Crippen molar-refractivity contribution in [1.29, 1.82) is 0 Å². The summed E-state index contributed by atoms with van der Waals surface area (Å²) >= 11 is 0. The van der Waals surface area contributed by atoms with Crippen molar-refractivity contribution < 1.29 is 22.0 Å². The molecule has 1 atom stereocenters. The maximum atomic E-state index is 13.0. The van der Waals surface area contributed by atoms with E-state index in [-0.39, 0.29) is 17.3 Å². The zero-order chi connectivity index (χ0) is 18.7. The average molecular weight is 380 g/mol. The van der Waals surface area contributed by atoms with Crippen molar-refractivity contribution >= 4 is 21.6 Å². The van der Waals surface area contributed by atoms with Crippen LogP contribution in [0, 0.1) is 17.6 Å². The fourth-order valence-corrected chi connectivity index (χ4v) is 4.43. The van der Waals surface area contributed by atoms with Crippen LogP contribution in [0.15, 0.2) is 53.4 Å². The fourth-order valence-electron chi connectivity index (χ4n) is 2.91. The summed E-state index contributed by atoms with van der Waals surface area (Å²) < 4.78 is 52.6. The highest BCUT2D eigenvalue weighted by atomic mass is 32.2. The lowest BCUT2D eigenvalue weighted by atomic mass is 9.99. The zero-order valence-electron chi connectivity index (χ0n) is 13.9. The van der Waals surface area contributed by atoms with Crippen LogP contribution in [0.5, 0.6) is 0 Å². The van der Waals surface area contributed by atoms with E-state index in [1.807, 2.05) is 0 Å². The van der Waals surface area contributed by atoms with E-state index in [0.717, 1.165) is 12.1 Å². The summed E-state index contributed by atoms with van der Waals surface area (Å²) in [5.74, 6) is -1.74. The van der Waals surface area contributed by atoms with Gasteiger partial charge in [-0.05, 0) is 61.4 Å². The topological polar surface area (TPSA) is 66.5 Å². The summed E-state index contributed by atoms with van der Waals surface area (Å²) in [6.07, 6.45) is 1.10. The van der Waals surface area contributed by atoms with Gasteiger partial charge in [-0.2, -0.15) is 4.31 Å². The largest absolute Gasteiger partial charge is 0.326 e. The monoisotopic (exact) mass is 380 g/mol. The van der Waals surface area contributed by atoms with Crippen molar-refractivity contribution in [3.8, 4) is 0 Å². The first-order valence-corrected chi connectivity index (χ1v) is 9.62. The van der Waals surface area contributed by atoms with Gasteiger partial charge in [-0.3, -0.25) is 4.79 Å². The molecule has 2 aromatic carbocycles. The number of nitrogens with one attached hydrogen (secondary N) is 1. The third-order valence-corrected chi connectivity index (χ3v) is 6.20. The molecule has 1 N–H and O–H groups in total. The molecule has 1 aliphatic rings. The van der Waals surface area contributed by atoms with E-state index in [1.165, 1.54) is 40.7 Å². The predicted octanol–water partition coefficient (Wildman–Crippen LogP) is 3.00. The second kappa shape index (κ2) is 7.51. The van der Waals surface area contributed by atoms with E-state index in [4.69, 9.17) is 0 Å². The molecule has 1 heterocycles. The maximum absolute atomic E-state index is 13.0. The van der Waals surface area contributed by atoms with E-state index in [1.54, 1.807) is 0 Å². The molecule has 1 aliphatic heterocycles. The number of hydrogen-bond acceptors (Lipinski definition) is 3. The molecule has 1 saturated heterocycles. The number of amides is 1. The first kappa shape index (κ1) is 18.5. The Balaban J connectivity index is 1.71. The number of sulfonamides is 1. The highest BCUT2D eigenvalue weighted by Gasteiger charge is 2.33. The smallest absolute Gasteiger partial charge is 0.243 e. The molecule has 138 valence electrons. The van der Waals surface area contributed by atoms with Crippen molar-refractivity contribution in [2.75, 3.05) is 18.4 Å². The highest BCUT2D eigenvalue weighted by Crippen LogP contribution is 2.25. The molecule has 26 heavy (non-hydrogen) atoms. The molecule has 0 aliphatic carbocycles. The van der Waals surface area contributed by atoms with Crippen LogP contribution in [0.4, 0.5) is 14.5 Å². The minimum absolute atomic E-state index is 0.00140. The van der Waals surface area contributed by atoms with Crippen molar-refractivity contribution in [2.45, 2.75) is 17.7 Å². The molecule has 8 heteroatoms. The lowest BCUT2D eigenvalue weighted by Crippen LogP contribution is -2.43. The van der Waals surface area contributed by atoms with Gasteiger partial charge in [0.15, 0.2) is 0 Å². The summed E-state index contributed by atoms with van der Waals surface area (Å²) in [6, 6.07) is 9.99. The molecule has 0 saturated carbocycles. The summed E-state index contributed by atoms with van der Waals surface area (Å²) in [6.45, 7) is 0.354. The van der Waals surface area contributed by atoms with Gasteiger partial charge < -0.3 is 5.32 Å². The number of carbonyl (C=O) groups excluding carboxylic acids is 1. The first-order valence-electron chi connectivity index (χ1n) is 8.18. The number of nitrogens with zero attached hydrogens (tertiary/aromatic N) is 1. The van der Waals surface area contributed by atoms with Crippen LogP contribution < -0.4 is 5.32 Å². The molecule has 0 radical (unpaired) electrons. The van der Waals surface area contributed by atoms with Crippen LogP contribution in [-0.4, -0.2) is 31.7 Å². The normalized spacial score (nSPS) is 18.5. The average Bonchev–Trinajstić information content (AvgIpc) is 2.64. The standard InChI is InChI=1S/C18H18F2N2O3S/c19-14-3-7-16(8-4-14)21-18(23)13-2-1-11-22(12-13)26(24,25)17-9-5-15(20)6-10-17/h3-10,13H,1-2,11-12H2,(H,21,23)/t13-/m0/s1. The molecule has 5 nitrogen and oxygen atoms in total. The molecular weight excluding hydrogens is 362 g/mol. The molecule has 2 aromatic rings. The van der Waals surface area contributed by atoms with Gasteiger partial charge in [0.25, 0.3) is 0 Å². The van der Waals surface area contributed by atoms with Crippen LogP contribution in [0.25, 0.3) is 0 Å². The van der Waals surface area contributed by atoms with Gasteiger partial charge in [0, 0.05) is 18.8 Å². The van der Waals surface area contributed by atoms with E-state index >= 15 is 0 Å². The molecular formula is C18H18F2N2O3S. The van der Waals surface area contributed by atoms with E-state index < -0.39 is 27.6 Å². The number of piperidine rings is 1. The van der Waals surface area contributed by atoms with Gasteiger partial charge in [-0.15, -0.1) is 0 Å². The summed E-state index contributed by atoms with van der Waals surface area (Å²) in [7, 11) is -3.79. The molecule has 0 aromatic heterocycles. The van der Waals surface area contributed by atoms with Gasteiger partial charge in [0.1, 0.15) is 11.6 Å². The third kappa shape index (κ3) is 4.08. The second-order valence-corrected chi connectivity index (χ2v) is 8.09. The van der Waals surface area contributed by atoms with Gasteiger partial charge in [-0.25, -0.2) is 17.2 Å². The van der Waals surface area contributed by atoms with Crippen LogP contribution in [0.1, 0.15) is 12.8 Å². The fraction of sp³-hybridized carbons (Fsp3) is 0.278. The maximum Gasteiger partial charge on any atom is 0.243 e. The summed E-state index contributed by atoms with van der Waals surface area (Å²) in [5, 5.41) is 2.68. The Morgan fingerprint density at radius 1 is 1.00 bits per heavy atom.